The van der Waals surface area contributed by atoms with Crippen LogP contribution in [0.15, 0.2) is 18.2 Å². The molecule has 1 unspecified atom stereocenters. The van der Waals surface area contributed by atoms with Gasteiger partial charge in [0.25, 0.3) is 0 Å². The molecule has 3 heteroatoms. The second-order valence-corrected chi connectivity index (χ2v) is 4.37. The van der Waals surface area contributed by atoms with E-state index < -0.39 is 0 Å². The number of hydrogen-bond donors (Lipinski definition) is 1. The summed E-state index contributed by atoms with van der Waals surface area (Å²) in [4.78, 5) is 0. The van der Waals surface area contributed by atoms with E-state index in [9.17, 15) is 0 Å². The molecule has 0 heterocycles. The number of fused-ring (bicyclic) bond motifs is 1. The molecule has 0 saturated heterocycles. The van der Waals surface area contributed by atoms with Crippen LogP contribution in [0.1, 0.15) is 17.5 Å². The van der Waals surface area contributed by atoms with Gasteiger partial charge in [-0.2, -0.15) is 0 Å². The average Bonchev–Trinajstić information content (AvgIpc) is 2.37. The molecule has 1 aliphatic rings. The van der Waals surface area contributed by atoms with Gasteiger partial charge in [-0.3, -0.25) is 0 Å². The van der Waals surface area contributed by atoms with E-state index in [4.69, 9.17) is 15.2 Å². The summed E-state index contributed by atoms with van der Waals surface area (Å²) in [5.41, 5.74) is 8.25. The highest BCUT2D eigenvalue weighted by Crippen LogP contribution is 2.35. The van der Waals surface area contributed by atoms with Gasteiger partial charge in [-0.25, -0.2) is 0 Å². The van der Waals surface area contributed by atoms with E-state index in [1.807, 2.05) is 12.1 Å². The van der Waals surface area contributed by atoms with Gasteiger partial charge in [0.1, 0.15) is 5.75 Å². The third-order valence-electron chi connectivity index (χ3n) is 3.60. The molecule has 88 valence electrons. The van der Waals surface area contributed by atoms with E-state index in [2.05, 4.69) is 6.07 Å². The molecule has 3 nitrogen and oxygen atoms in total. The van der Waals surface area contributed by atoms with Gasteiger partial charge < -0.3 is 15.2 Å². The summed E-state index contributed by atoms with van der Waals surface area (Å²) >= 11 is 0. The lowest BCUT2D eigenvalue weighted by Gasteiger charge is -2.36. The van der Waals surface area contributed by atoms with Crippen molar-refractivity contribution in [3.05, 3.63) is 29.3 Å². The number of rotatable bonds is 3. The van der Waals surface area contributed by atoms with E-state index in [0.29, 0.717) is 6.54 Å². The summed E-state index contributed by atoms with van der Waals surface area (Å²) < 4.78 is 11.0. The molecule has 0 amide bonds. The van der Waals surface area contributed by atoms with Crippen molar-refractivity contribution in [1.29, 1.82) is 0 Å². The summed E-state index contributed by atoms with van der Waals surface area (Å²) in [5.74, 6) is 0.985. The van der Waals surface area contributed by atoms with Crippen molar-refractivity contribution >= 4 is 0 Å². The van der Waals surface area contributed by atoms with E-state index in [1.165, 1.54) is 11.1 Å². The molecule has 1 aromatic carbocycles. The Balaban J connectivity index is 2.34. The molecule has 16 heavy (non-hydrogen) atoms. The van der Waals surface area contributed by atoms with E-state index >= 15 is 0 Å². The van der Waals surface area contributed by atoms with E-state index in [0.717, 1.165) is 25.0 Å². The van der Waals surface area contributed by atoms with Gasteiger partial charge >= 0.3 is 0 Å². The summed E-state index contributed by atoms with van der Waals surface area (Å²) in [6.07, 6.45) is 2.82. The van der Waals surface area contributed by atoms with Crippen LogP contribution in [0.25, 0.3) is 0 Å². The quantitative estimate of drug-likeness (QED) is 0.841. The van der Waals surface area contributed by atoms with Crippen molar-refractivity contribution in [2.24, 2.45) is 5.73 Å². The van der Waals surface area contributed by atoms with Crippen LogP contribution in [0, 0.1) is 0 Å². The maximum Gasteiger partial charge on any atom is 0.122 e. The molecule has 0 saturated carbocycles. The fourth-order valence-electron chi connectivity index (χ4n) is 2.47. The highest BCUT2D eigenvalue weighted by Gasteiger charge is 2.34. The Morgan fingerprint density at radius 1 is 1.38 bits per heavy atom. The smallest absolute Gasteiger partial charge is 0.122 e. The van der Waals surface area contributed by atoms with Crippen molar-refractivity contribution < 1.29 is 9.47 Å². The van der Waals surface area contributed by atoms with Crippen LogP contribution in [0.5, 0.6) is 5.75 Å². The predicted molar refractivity (Wildman–Crippen MR) is 63.8 cm³/mol. The summed E-state index contributed by atoms with van der Waals surface area (Å²) in [7, 11) is 3.47. The van der Waals surface area contributed by atoms with E-state index in [1.54, 1.807) is 14.2 Å². The van der Waals surface area contributed by atoms with Gasteiger partial charge in [-0.1, -0.05) is 12.1 Å². The van der Waals surface area contributed by atoms with Crippen LogP contribution < -0.4 is 10.5 Å². The number of methoxy groups -OCH3 is 2. The maximum atomic E-state index is 5.82. The Morgan fingerprint density at radius 3 is 2.81 bits per heavy atom. The number of hydrogen-bond acceptors (Lipinski definition) is 3. The molecular formula is C13H19NO2. The van der Waals surface area contributed by atoms with Crippen molar-refractivity contribution in [2.75, 3.05) is 20.8 Å². The zero-order valence-corrected chi connectivity index (χ0v) is 9.95. The minimum Gasteiger partial charge on any atom is -0.496 e. The minimum atomic E-state index is -0.181. The Labute approximate surface area is 96.5 Å². The Kier molecular flexibility index (Phi) is 3.17. The SMILES string of the molecule is COc1cccc2c1CCC(CN)(OC)C2. The van der Waals surface area contributed by atoms with Gasteiger partial charge in [0.05, 0.1) is 12.7 Å². The summed E-state index contributed by atoms with van der Waals surface area (Å²) in [5, 5.41) is 0. The fourth-order valence-corrected chi connectivity index (χ4v) is 2.47. The monoisotopic (exact) mass is 221 g/mol. The highest BCUT2D eigenvalue weighted by molar-refractivity contribution is 5.43. The third kappa shape index (κ3) is 1.81. The first-order valence-corrected chi connectivity index (χ1v) is 5.64. The molecule has 0 aromatic heterocycles. The van der Waals surface area contributed by atoms with Crippen molar-refractivity contribution in [3.63, 3.8) is 0 Å². The second-order valence-electron chi connectivity index (χ2n) is 4.37. The van der Waals surface area contributed by atoms with Crippen LogP contribution in [-0.2, 0) is 17.6 Å². The molecule has 1 aromatic rings. The first-order chi connectivity index (χ1) is 7.74. The molecule has 1 aliphatic carbocycles. The highest BCUT2D eigenvalue weighted by atomic mass is 16.5. The number of benzene rings is 1. The van der Waals surface area contributed by atoms with E-state index in [-0.39, 0.29) is 5.60 Å². The van der Waals surface area contributed by atoms with Gasteiger partial charge in [-0.15, -0.1) is 0 Å². The topological polar surface area (TPSA) is 44.5 Å². The van der Waals surface area contributed by atoms with Gasteiger partial charge in [0, 0.05) is 20.1 Å². The van der Waals surface area contributed by atoms with Crippen molar-refractivity contribution in [1.82, 2.24) is 0 Å². The zero-order valence-electron chi connectivity index (χ0n) is 9.95. The molecule has 2 N–H and O–H groups in total. The summed E-state index contributed by atoms with van der Waals surface area (Å²) in [6, 6.07) is 6.18. The standard InChI is InChI=1S/C13H19NO2/c1-15-12-5-3-4-10-8-13(9-14,16-2)7-6-11(10)12/h3-5H,6-9,14H2,1-2H3. The maximum absolute atomic E-state index is 5.82. The first-order valence-electron chi connectivity index (χ1n) is 5.64. The predicted octanol–water partition coefficient (Wildman–Crippen LogP) is 1.53. The summed E-state index contributed by atoms with van der Waals surface area (Å²) in [6.45, 7) is 0.570. The van der Waals surface area contributed by atoms with Crippen LogP contribution in [-0.4, -0.2) is 26.4 Å². The van der Waals surface area contributed by atoms with Crippen LogP contribution in [0.3, 0.4) is 0 Å². The molecule has 0 aliphatic heterocycles. The van der Waals surface area contributed by atoms with Gasteiger partial charge in [0.15, 0.2) is 0 Å². The van der Waals surface area contributed by atoms with Crippen molar-refractivity contribution in [3.8, 4) is 5.75 Å². The molecule has 0 fully saturated rings. The molecule has 0 spiro atoms. The number of nitrogens with two attached hydrogens (primary N) is 1. The Hall–Kier alpha value is -1.06. The lowest BCUT2D eigenvalue weighted by atomic mass is 9.80. The third-order valence-corrected chi connectivity index (χ3v) is 3.60. The van der Waals surface area contributed by atoms with Crippen LogP contribution in [0.2, 0.25) is 0 Å². The zero-order chi connectivity index (χ0) is 11.6. The lowest BCUT2D eigenvalue weighted by molar-refractivity contribution is -0.0136. The Bertz CT molecular complexity index is 372. The van der Waals surface area contributed by atoms with Gasteiger partial charge in [0.2, 0.25) is 0 Å². The largest absolute Gasteiger partial charge is 0.496 e. The lowest BCUT2D eigenvalue weighted by Crippen LogP contribution is -2.44. The second kappa shape index (κ2) is 4.44. The Morgan fingerprint density at radius 2 is 2.19 bits per heavy atom. The molecule has 0 bridgehead atoms. The fraction of sp³-hybridized carbons (Fsp3) is 0.538. The molecule has 2 rings (SSSR count). The first kappa shape index (κ1) is 11.4. The average molecular weight is 221 g/mol. The van der Waals surface area contributed by atoms with Gasteiger partial charge in [-0.05, 0) is 30.0 Å². The molecule has 0 radical (unpaired) electrons. The van der Waals surface area contributed by atoms with Crippen LogP contribution in [0.4, 0.5) is 0 Å². The molecule has 1 atom stereocenters. The normalized spacial score (nSPS) is 23.9. The minimum absolute atomic E-state index is 0.181. The number of ether oxygens (including phenoxy) is 2. The van der Waals surface area contributed by atoms with Crippen molar-refractivity contribution in [2.45, 2.75) is 24.9 Å². The molecular weight excluding hydrogens is 202 g/mol. The van der Waals surface area contributed by atoms with Crippen LogP contribution >= 0.6 is 0 Å².